The molecule has 104 valence electrons. The Kier molecular flexibility index (Phi) is 3.62. The van der Waals surface area contributed by atoms with Crippen LogP contribution in [0.2, 0.25) is 0 Å². The van der Waals surface area contributed by atoms with Crippen LogP contribution in [0.25, 0.3) is 0 Å². The molecule has 3 atom stereocenters. The molecule has 2 aliphatic carbocycles. The molecule has 1 N–H and O–H groups in total. The third-order valence-electron chi connectivity index (χ3n) is 4.80. The highest BCUT2D eigenvalue weighted by Gasteiger charge is 2.29. The second-order valence-electron chi connectivity index (χ2n) is 6.72. The Morgan fingerprint density at radius 3 is 2.58 bits per heavy atom. The van der Waals surface area contributed by atoms with Gasteiger partial charge >= 0.3 is 0 Å². The highest BCUT2D eigenvalue weighted by Crippen LogP contribution is 2.35. The smallest absolute Gasteiger partial charge is 0.123 e. The van der Waals surface area contributed by atoms with Gasteiger partial charge in [-0.05, 0) is 67.2 Å². The zero-order chi connectivity index (χ0) is 13.4. The van der Waals surface area contributed by atoms with Gasteiger partial charge < -0.3 is 5.32 Å². The summed E-state index contributed by atoms with van der Waals surface area (Å²) in [6, 6.07) is 6.37. The van der Waals surface area contributed by atoms with Gasteiger partial charge in [-0.2, -0.15) is 0 Å². The van der Waals surface area contributed by atoms with E-state index in [0.717, 1.165) is 24.7 Å². The third-order valence-corrected chi connectivity index (χ3v) is 4.80. The number of nitrogens with one attached hydrogen (secondary N) is 1. The molecule has 2 aliphatic rings. The minimum Gasteiger partial charge on any atom is -0.307 e. The van der Waals surface area contributed by atoms with E-state index in [1.165, 1.54) is 30.4 Å². The molecule has 0 radical (unpaired) electrons. The first-order valence-corrected chi connectivity index (χ1v) is 7.66. The van der Waals surface area contributed by atoms with Gasteiger partial charge in [0.25, 0.3) is 0 Å². The van der Waals surface area contributed by atoms with Gasteiger partial charge in [-0.15, -0.1) is 0 Å². The molecule has 0 bridgehead atoms. The van der Waals surface area contributed by atoms with E-state index in [4.69, 9.17) is 0 Å². The average molecular weight is 261 g/mol. The van der Waals surface area contributed by atoms with Crippen LogP contribution in [0.15, 0.2) is 18.2 Å². The number of fused-ring (bicyclic) bond motifs is 1. The second kappa shape index (κ2) is 5.24. The van der Waals surface area contributed by atoms with Crippen molar-refractivity contribution in [2.24, 2.45) is 11.8 Å². The van der Waals surface area contributed by atoms with E-state index < -0.39 is 0 Å². The molecule has 1 fully saturated rings. The van der Waals surface area contributed by atoms with E-state index in [9.17, 15) is 4.39 Å². The highest BCUT2D eigenvalue weighted by molar-refractivity contribution is 5.35. The van der Waals surface area contributed by atoms with Crippen molar-refractivity contribution in [2.75, 3.05) is 0 Å². The monoisotopic (exact) mass is 261 g/mol. The number of hydrogen-bond donors (Lipinski definition) is 1. The lowest BCUT2D eigenvalue weighted by atomic mass is 9.80. The zero-order valence-corrected chi connectivity index (χ0v) is 12.0. The van der Waals surface area contributed by atoms with Crippen LogP contribution >= 0.6 is 0 Å². The van der Waals surface area contributed by atoms with Crippen LogP contribution in [0.5, 0.6) is 0 Å². The lowest BCUT2D eigenvalue weighted by molar-refractivity contribution is 0.225. The minimum atomic E-state index is -0.0979. The van der Waals surface area contributed by atoms with Gasteiger partial charge in [0.15, 0.2) is 0 Å². The Bertz CT molecular complexity index is 447. The summed E-state index contributed by atoms with van der Waals surface area (Å²) in [6.45, 7) is 4.73. The predicted molar refractivity (Wildman–Crippen MR) is 76.6 cm³/mol. The minimum absolute atomic E-state index is 0.0979. The number of hydrogen-bond acceptors (Lipinski definition) is 1. The maximum atomic E-state index is 13.2. The molecule has 1 aromatic rings. The maximum absolute atomic E-state index is 13.2. The van der Waals surface area contributed by atoms with Crippen LogP contribution in [0.3, 0.4) is 0 Å². The molecule has 0 aliphatic heterocycles. The second-order valence-corrected chi connectivity index (χ2v) is 6.72. The molecule has 2 heteroatoms. The highest BCUT2D eigenvalue weighted by atomic mass is 19.1. The molecule has 0 amide bonds. The molecule has 0 spiro atoms. The molecule has 0 saturated heterocycles. The van der Waals surface area contributed by atoms with E-state index in [-0.39, 0.29) is 5.82 Å². The fraction of sp³-hybridized carbons (Fsp3) is 0.647. The summed E-state index contributed by atoms with van der Waals surface area (Å²) in [7, 11) is 0. The fourth-order valence-electron chi connectivity index (χ4n) is 4.13. The lowest BCUT2D eigenvalue weighted by Gasteiger charge is -2.34. The first-order chi connectivity index (χ1) is 9.11. The van der Waals surface area contributed by atoms with Gasteiger partial charge in [-0.25, -0.2) is 4.39 Å². The van der Waals surface area contributed by atoms with Gasteiger partial charge in [-0.3, -0.25) is 0 Å². The van der Waals surface area contributed by atoms with Gasteiger partial charge in [0.2, 0.25) is 0 Å². The summed E-state index contributed by atoms with van der Waals surface area (Å²) in [5, 5.41) is 3.83. The molecule has 1 aromatic carbocycles. The molecule has 0 heterocycles. The van der Waals surface area contributed by atoms with Crippen molar-refractivity contribution < 1.29 is 4.39 Å². The average Bonchev–Trinajstić information content (AvgIpc) is 2.70. The Labute approximate surface area is 115 Å². The SMILES string of the molecule is CC1CC(C)CC(NC2CCc3cc(F)ccc32)C1. The zero-order valence-electron chi connectivity index (χ0n) is 12.0. The molecule has 3 unspecified atom stereocenters. The van der Waals surface area contributed by atoms with E-state index >= 15 is 0 Å². The van der Waals surface area contributed by atoms with Crippen molar-refractivity contribution >= 4 is 0 Å². The molecule has 1 saturated carbocycles. The molecule has 0 aromatic heterocycles. The predicted octanol–water partition coefficient (Wildman–Crippen LogP) is 4.23. The van der Waals surface area contributed by atoms with Gasteiger partial charge in [0.1, 0.15) is 5.82 Å². The van der Waals surface area contributed by atoms with Gasteiger partial charge in [0, 0.05) is 12.1 Å². The Balaban J connectivity index is 1.69. The van der Waals surface area contributed by atoms with Gasteiger partial charge in [0.05, 0.1) is 0 Å². The number of benzene rings is 1. The molecule has 3 rings (SSSR count). The van der Waals surface area contributed by atoms with Crippen molar-refractivity contribution in [2.45, 2.75) is 58.0 Å². The lowest BCUT2D eigenvalue weighted by Crippen LogP contribution is -2.38. The van der Waals surface area contributed by atoms with Crippen molar-refractivity contribution in [3.63, 3.8) is 0 Å². The van der Waals surface area contributed by atoms with Crippen molar-refractivity contribution in [1.29, 1.82) is 0 Å². The standard InChI is InChI=1S/C17H24FN/c1-11-7-12(2)9-15(8-11)19-17-6-3-13-10-14(18)4-5-16(13)17/h4-5,10-12,15,17,19H,3,6-9H2,1-2H3. The largest absolute Gasteiger partial charge is 0.307 e. The third kappa shape index (κ3) is 2.84. The van der Waals surface area contributed by atoms with E-state index in [2.05, 4.69) is 19.2 Å². The van der Waals surface area contributed by atoms with Crippen LogP contribution in [0.1, 0.15) is 56.7 Å². The molecular weight excluding hydrogens is 237 g/mol. The maximum Gasteiger partial charge on any atom is 0.123 e. The Hall–Kier alpha value is -0.890. The van der Waals surface area contributed by atoms with Crippen LogP contribution in [-0.4, -0.2) is 6.04 Å². The summed E-state index contributed by atoms with van der Waals surface area (Å²) in [5.41, 5.74) is 2.53. The molecular formula is C17H24FN. The Morgan fingerprint density at radius 1 is 1.11 bits per heavy atom. The van der Waals surface area contributed by atoms with Crippen LogP contribution in [-0.2, 0) is 6.42 Å². The Morgan fingerprint density at radius 2 is 1.84 bits per heavy atom. The molecule has 1 nitrogen and oxygen atoms in total. The van der Waals surface area contributed by atoms with Crippen molar-refractivity contribution in [3.05, 3.63) is 35.1 Å². The summed E-state index contributed by atoms with van der Waals surface area (Å²) < 4.78 is 13.2. The van der Waals surface area contributed by atoms with Crippen molar-refractivity contribution in [1.82, 2.24) is 5.32 Å². The summed E-state index contributed by atoms with van der Waals surface area (Å²) in [5.74, 6) is 1.56. The number of aryl methyl sites for hydroxylation is 1. The summed E-state index contributed by atoms with van der Waals surface area (Å²) >= 11 is 0. The quantitative estimate of drug-likeness (QED) is 0.840. The normalized spacial score (nSPS) is 34.3. The summed E-state index contributed by atoms with van der Waals surface area (Å²) in [6.07, 6.45) is 6.08. The molecule has 19 heavy (non-hydrogen) atoms. The van der Waals surface area contributed by atoms with E-state index in [0.29, 0.717) is 12.1 Å². The number of halogens is 1. The van der Waals surface area contributed by atoms with Crippen LogP contribution < -0.4 is 5.32 Å². The summed E-state index contributed by atoms with van der Waals surface area (Å²) in [4.78, 5) is 0. The fourth-order valence-corrected chi connectivity index (χ4v) is 4.13. The van der Waals surface area contributed by atoms with Crippen molar-refractivity contribution in [3.8, 4) is 0 Å². The first-order valence-electron chi connectivity index (χ1n) is 7.66. The van der Waals surface area contributed by atoms with Crippen LogP contribution in [0, 0.1) is 17.7 Å². The first kappa shape index (κ1) is 13.1. The van der Waals surface area contributed by atoms with E-state index in [1.807, 2.05) is 6.07 Å². The van der Waals surface area contributed by atoms with E-state index in [1.54, 1.807) is 12.1 Å². The van der Waals surface area contributed by atoms with Crippen LogP contribution in [0.4, 0.5) is 4.39 Å². The topological polar surface area (TPSA) is 12.0 Å². The number of rotatable bonds is 2. The van der Waals surface area contributed by atoms with Gasteiger partial charge in [-0.1, -0.05) is 19.9 Å².